The van der Waals surface area contributed by atoms with Crippen molar-refractivity contribution in [2.45, 2.75) is 32.2 Å². The van der Waals surface area contributed by atoms with E-state index in [1.807, 2.05) is 12.1 Å². The van der Waals surface area contributed by atoms with Crippen LogP contribution < -0.4 is 16.4 Å². The highest BCUT2D eigenvalue weighted by Gasteiger charge is 2.25. The molecule has 0 aromatic heterocycles. The lowest BCUT2D eigenvalue weighted by Crippen LogP contribution is -2.41. The molecule has 1 fully saturated rings. The van der Waals surface area contributed by atoms with Gasteiger partial charge >= 0.3 is 0 Å². The summed E-state index contributed by atoms with van der Waals surface area (Å²) in [6, 6.07) is 8.26. The third-order valence-corrected chi connectivity index (χ3v) is 3.94. The number of nitrogens with two attached hydrogens (primary N) is 2. The van der Waals surface area contributed by atoms with Crippen molar-refractivity contribution in [3.8, 4) is 0 Å². The first-order valence-corrected chi connectivity index (χ1v) is 7.02. The number of piperidine rings is 1. The maximum atomic E-state index is 11.4. The summed E-state index contributed by atoms with van der Waals surface area (Å²) in [7, 11) is 0. The zero-order valence-electron chi connectivity index (χ0n) is 11.5. The zero-order valence-corrected chi connectivity index (χ0v) is 11.5. The van der Waals surface area contributed by atoms with Crippen molar-refractivity contribution in [3.63, 3.8) is 0 Å². The van der Waals surface area contributed by atoms with Crippen molar-refractivity contribution >= 4 is 11.6 Å². The first-order valence-electron chi connectivity index (χ1n) is 7.02. The van der Waals surface area contributed by atoms with E-state index in [1.165, 1.54) is 0 Å². The van der Waals surface area contributed by atoms with Crippen LogP contribution in [0.2, 0.25) is 0 Å². The Hall–Kier alpha value is -1.55. The highest BCUT2D eigenvalue weighted by Crippen LogP contribution is 2.30. The van der Waals surface area contributed by atoms with Gasteiger partial charge in [-0.2, -0.15) is 0 Å². The Bertz CT molecular complexity index is 447. The van der Waals surface area contributed by atoms with Gasteiger partial charge in [0.2, 0.25) is 5.91 Å². The molecule has 1 saturated heterocycles. The lowest BCUT2D eigenvalue weighted by molar-refractivity contribution is -0.122. The van der Waals surface area contributed by atoms with Gasteiger partial charge in [-0.25, -0.2) is 0 Å². The summed E-state index contributed by atoms with van der Waals surface area (Å²) < 4.78 is 0. The molecule has 1 aromatic carbocycles. The monoisotopic (exact) mass is 261 g/mol. The fourth-order valence-corrected chi connectivity index (χ4v) is 2.74. The average Bonchev–Trinajstić information content (AvgIpc) is 2.46. The normalized spacial score (nSPS) is 21.2. The van der Waals surface area contributed by atoms with Gasteiger partial charge in [0.15, 0.2) is 0 Å². The van der Waals surface area contributed by atoms with Crippen LogP contribution in [-0.4, -0.2) is 19.0 Å². The van der Waals surface area contributed by atoms with Crippen molar-refractivity contribution in [2.75, 3.05) is 18.0 Å². The van der Waals surface area contributed by atoms with E-state index in [1.54, 1.807) is 0 Å². The predicted molar refractivity (Wildman–Crippen MR) is 77.8 cm³/mol. The summed E-state index contributed by atoms with van der Waals surface area (Å²) in [5.74, 6) is -0.235. The molecule has 1 aliphatic rings. The summed E-state index contributed by atoms with van der Waals surface area (Å²) in [5.41, 5.74) is 13.9. The second-order valence-corrected chi connectivity index (χ2v) is 5.26. The Morgan fingerprint density at radius 1 is 1.47 bits per heavy atom. The molecular formula is C15H23N3O. The van der Waals surface area contributed by atoms with Gasteiger partial charge in [-0.3, -0.25) is 4.79 Å². The molecule has 2 rings (SSSR count). The second-order valence-electron chi connectivity index (χ2n) is 5.26. The first-order chi connectivity index (χ1) is 9.13. The lowest BCUT2D eigenvalue weighted by Gasteiger charge is -2.35. The fraction of sp³-hybridized carbons (Fsp3) is 0.533. The summed E-state index contributed by atoms with van der Waals surface area (Å²) in [4.78, 5) is 13.6. The number of nitrogens with zero attached hydrogens (tertiary/aromatic N) is 1. The fourth-order valence-electron chi connectivity index (χ4n) is 2.74. The number of carbonyl (C=O) groups is 1. The van der Waals surface area contributed by atoms with E-state index in [2.05, 4.69) is 24.0 Å². The number of hydrogen-bond acceptors (Lipinski definition) is 3. The van der Waals surface area contributed by atoms with Crippen molar-refractivity contribution in [1.29, 1.82) is 0 Å². The van der Waals surface area contributed by atoms with Gasteiger partial charge in [-0.1, -0.05) is 25.1 Å². The topological polar surface area (TPSA) is 72.3 Å². The van der Waals surface area contributed by atoms with Crippen LogP contribution in [0.4, 0.5) is 5.69 Å². The summed E-state index contributed by atoms with van der Waals surface area (Å²) >= 11 is 0. The Morgan fingerprint density at radius 2 is 2.21 bits per heavy atom. The maximum absolute atomic E-state index is 11.4. The molecule has 4 N–H and O–H groups in total. The van der Waals surface area contributed by atoms with Crippen LogP contribution in [0.5, 0.6) is 0 Å². The summed E-state index contributed by atoms with van der Waals surface area (Å²) in [6.45, 7) is 3.77. The van der Waals surface area contributed by atoms with Crippen LogP contribution in [0, 0.1) is 5.92 Å². The Morgan fingerprint density at radius 3 is 2.89 bits per heavy atom. The highest BCUT2D eigenvalue weighted by atomic mass is 16.1. The van der Waals surface area contributed by atoms with Gasteiger partial charge in [-0.15, -0.1) is 0 Å². The van der Waals surface area contributed by atoms with Gasteiger partial charge in [0.1, 0.15) is 0 Å². The minimum atomic E-state index is -0.193. The number of primary amides is 1. The van der Waals surface area contributed by atoms with Crippen LogP contribution in [0.3, 0.4) is 0 Å². The molecule has 0 saturated carbocycles. The molecule has 1 unspecified atom stereocenters. The van der Waals surface area contributed by atoms with E-state index in [4.69, 9.17) is 11.5 Å². The second kappa shape index (κ2) is 6.06. The molecule has 1 heterocycles. The van der Waals surface area contributed by atoms with Crippen LogP contribution in [0.1, 0.15) is 37.8 Å². The molecule has 19 heavy (non-hydrogen) atoms. The molecular weight excluding hydrogens is 238 g/mol. The molecule has 0 aliphatic carbocycles. The minimum absolute atomic E-state index is 0.0420. The molecule has 0 radical (unpaired) electrons. The zero-order chi connectivity index (χ0) is 13.8. The number of hydrogen-bond donors (Lipinski definition) is 2. The SMILES string of the molecule is CC[C@H](N)c1ccccc1N1CCCC(C(N)=O)C1. The molecule has 0 bridgehead atoms. The molecule has 1 aliphatic heterocycles. The smallest absolute Gasteiger partial charge is 0.222 e. The van der Waals surface area contributed by atoms with E-state index >= 15 is 0 Å². The third-order valence-electron chi connectivity index (χ3n) is 3.94. The number of para-hydroxylation sites is 1. The van der Waals surface area contributed by atoms with Crippen LogP contribution in [0.15, 0.2) is 24.3 Å². The lowest BCUT2D eigenvalue weighted by atomic mass is 9.95. The van der Waals surface area contributed by atoms with E-state index in [0.717, 1.165) is 37.1 Å². The number of amides is 1. The van der Waals surface area contributed by atoms with Crippen molar-refractivity contribution < 1.29 is 4.79 Å². The summed E-state index contributed by atoms with van der Waals surface area (Å²) in [5, 5.41) is 0. The quantitative estimate of drug-likeness (QED) is 0.868. The van der Waals surface area contributed by atoms with Crippen molar-refractivity contribution in [2.24, 2.45) is 17.4 Å². The van der Waals surface area contributed by atoms with Crippen LogP contribution in [0.25, 0.3) is 0 Å². The predicted octanol–water partition coefficient (Wildman–Crippen LogP) is 1.80. The van der Waals surface area contributed by atoms with E-state index in [9.17, 15) is 4.79 Å². The molecule has 4 nitrogen and oxygen atoms in total. The van der Waals surface area contributed by atoms with Crippen molar-refractivity contribution in [1.82, 2.24) is 0 Å². The van der Waals surface area contributed by atoms with Crippen molar-refractivity contribution in [3.05, 3.63) is 29.8 Å². The van der Waals surface area contributed by atoms with Gasteiger partial charge in [0, 0.05) is 24.8 Å². The largest absolute Gasteiger partial charge is 0.370 e. The standard InChI is InChI=1S/C15H23N3O/c1-2-13(16)12-7-3-4-8-14(12)18-9-5-6-11(10-18)15(17)19/h3-4,7-8,11,13H,2,5-6,9-10,16H2,1H3,(H2,17,19)/t11?,13-/m0/s1. The maximum Gasteiger partial charge on any atom is 0.222 e. The minimum Gasteiger partial charge on any atom is -0.370 e. The van der Waals surface area contributed by atoms with Gasteiger partial charge in [-0.05, 0) is 30.9 Å². The number of benzene rings is 1. The molecule has 4 heteroatoms. The third kappa shape index (κ3) is 3.07. The number of rotatable bonds is 4. The average molecular weight is 261 g/mol. The van der Waals surface area contributed by atoms with Crippen LogP contribution >= 0.6 is 0 Å². The summed E-state index contributed by atoms with van der Waals surface area (Å²) in [6.07, 6.45) is 2.81. The molecule has 2 atom stereocenters. The highest BCUT2D eigenvalue weighted by molar-refractivity contribution is 5.77. The van der Waals surface area contributed by atoms with E-state index < -0.39 is 0 Å². The molecule has 1 amide bonds. The molecule has 0 spiro atoms. The van der Waals surface area contributed by atoms with E-state index in [0.29, 0.717) is 6.54 Å². The van der Waals surface area contributed by atoms with E-state index in [-0.39, 0.29) is 17.9 Å². The molecule has 104 valence electrons. The van der Waals surface area contributed by atoms with Gasteiger partial charge in [0.05, 0.1) is 5.92 Å². The number of carbonyl (C=O) groups excluding carboxylic acids is 1. The van der Waals surface area contributed by atoms with Crippen LogP contribution in [-0.2, 0) is 4.79 Å². The Labute approximate surface area is 114 Å². The first kappa shape index (κ1) is 13.9. The van der Waals surface area contributed by atoms with Gasteiger partial charge < -0.3 is 16.4 Å². The molecule has 1 aromatic rings. The van der Waals surface area contributed by atoms with Gasteiger partial charge in [0.25, 0.3) is 0 Å². The number of anilines is 1. The Kier molecular flexibility index (Phi) is 4.43. The Balaban J connectivity index is 2.23.